The van der Waals surface area contributed by atoms with Gasteiger partial charge in [0.2, 0.25) is 0 Å². The second-order valence-corrected chi connectivity index (χ2v) is 4.45. The summed E-state index contributed by atoms with van der Waals surface area (Å²) in [5, 5.41) is 10.7. The minimum absolute atomic E-state index is 0.317. The van der Waals surface area contributed by atoms with E-state index in [0.717, 1.165) is 27.4 Å². The van der Waals surface area contributed by atoms with Gasteiger partial charge in [0.15, 0.2) is 0 Å². The van der Waals surface area contributed by atoms with Crippen LogP contribution in [0.5, 0.6) is 5.75 Å². The molecule has 0 fully saturated rings. The van der Waals surface area contributed by atoms with E-state index >= 15 is 0 Å². The van der Waals surface area contributed by atoms with Crippen LogP contribution in [0.3, 0.4) is 0 Å². The molecule has 0 aliphatic heterocycles. The van der Waals surface area contributed by atoms with Crippen LogP contribution in [0.15, 0.2) is 22.8 Å². The van der Waals surface area contributed by atoms with E-state index in [4.69, 9.17) is 5.73 Å². The Morgan fingerprint density at radius 1 is 1.47 bits per heavy atom. The van der Waals surface area contributed by atoms with E-state index in [-0.39, 0.29) is 0 Å². The van der Waals surface area contributed by atoms with Gasteiger partial charge >= 0.3 is 0 Å². The van der Waals surface area contributed by atoms with E-state index in [9.17, 15) is 5.11 Å². The molecule has 0 saturated heterocycles. The fourth-order valence-electron chi connectivity index (χ4n) is 1.92. The highest BCUT2D eigenvalue weighted by Crippen LogP contribution is 2.34. The molecular formula is C11H13BrN2O. The van der Waals surface area contributed by atoms with Crippen molar-refractivity contribution in [3.63, 3.8) is 0 Å². The van der Waals surface area contributed by atoms with Gasteiger partial charge in [-0.3, -0.25) is 0 Å². The van der Waals surface area contributed by atoms with Crippen LogP contribution in [0.1, 0.15) is 5.56 Å². The Morgan fingerprint density at radius 2 is 2.20 bits per heavy atom. The van der Waals surface area contributed by atoms with Crippen molar-refractivity contribution in [2.45, 2.75) is 6.42 Å². The zero-order valence-corrected chi connectivity index (χ0v) is 10.1. The van der Waals surface area contributed by atoms with E-state index in [0.29, 0.717) is 12.3 Å². The van der Waals surface area contributed by atoms with Gasteiger partial charge in [0, 0.05) is 23.1 Å². The monoisotopic (exact) mass is 268 g/mol. The lowest BCUT2D eigenvalue weighted by Gasteiger charge is -2.02. The summed E-state index contributed by atoms with van der Waals surface area (Å²) in [6.45, 7) is 0.588. The molecule has 0 unspecified atom stereocenters. The molecule has 0 aliphatic carbocycles. The van der Waals surface area contributed by atoms with Gasteiger partial charge in [0.1, 0.15) is 5.75 Å². The van der Waals surface area contributed by atoms with Crippen molar-refractivity contribution >= 4 is 26.8 Å². The second-order valence-electron chi connectivity index (χ2n) is 3.59. The van der Waals surface area contributed by atoms with Gasteiger partial charge in [-0.05, 0) is 46.6 Å². The van der Waals surface area contributed by atoms with Crippen LogP contribution in [0.4, 0.5) is 0 Å². The van der Waals surface area contributed by atoms with E-state index in [1.807, 2.05) is 23.9 Å². The zero-order chi connectivity index (χ0) is 11.0. The zero-order valence-electron chi connectivity index (χ0n) is 8.50. The quantitative estimate of drug-likeness (QED) is 0.877. The third-order valence-electron chi connectivity index (χ3n) is 2.54. The predicted octanol–water partition coefficient (Wildman–Crippen LogP) is 2.15. The number of aryl methyl sites for hydroxylation is 1. The Kier molecular flexibility index (Phi) is 2.71. The highest BCUT2D eigenvalue weighted by atomic mass is 79.9. The minimum Gasteiger partial charge on any atom is -0.507 e. The van der Waals surface area contributed by atoms with Crippen molar-refractivity contribution in [2.75, 3.05) is 6.54 Å². The Balaban J connectivity index is 2.80. The largest absolute Gasteiger partial charge is 0.507 e. The number of phenolic OH excluding ortho intramolecular Hbond substituents is 1. The Morgan fingerprint density at radius 3 is 2.87 bits per heavy atom. The molecule has 0 atom stereocenters. The maximum atomic E-state index is 9.84. The van der Waals surface area contributed by atoms with E-state index in [2.05, 4.69) is 15.9 Å². The topological polar surface area (TPSA) is 51.2 Å². The standard InChI is InChI=1S/C11H13BrN2O/c1-14-6-7(4-5-13)10-9(15)3-2-8(12)11(10)14/h2-3,6,15H,4-5,13H2,1H3. The summed E-state index contributed by atoms with van der Waals surface area (Å²) in [5.41, 5.74) is 7.65. The van der Waals surface area contributed by atoms with Crippen molar-refractivity contribution in [3.8, 4) is 5.75 Å². The van der Waals surface area contributed by atoms with Gasteiger partial charge in [-0.2, -0.15) is 0 Å². The lowest BCUT2D eigenvalue weighted by molar-refractivity contribution is 0.481. The Bertz CT molecular complexity index is 505. The van der Waals surface area contributed by atoms with Gasteiger partial charge in [0.25, 0.3) is 0 Å². The first-order valence-electron chi connectivity index (χ1n) is 4.80. The van der Waals surface area contributed by atoms with E-state index in [1.165, 1.54) is 0 Å². The summed E-state index contributed by atoms with van der Waals surface area (Å²) >= 11 is 3.48. The number of halogens is 1. The predicted molar refractivity (Wildman–Crippen MR) is 65.0 cm³/mol. The number of hydrogen-bond donors (Lipinski definition) is 2. The van der Waals surface area contributed by atoms with Crippen LogP contribution in [-0.4, -0.2) is 16.2 Å². The third-order valence-corrected chi connectivity index (χ3v) is 3.18. The molecule has 80 valence electrons. The summed E-state index contributed by atoms with van der Waals surface area (Å²) in [6.07, 6.45) is 2.80. The van der Waals surface area contributed by atoms with Crippen LogP contribution in [0.25, 0.3) is 10.9 Å². The molecule has 4 heteroatoms. The average molecular weight is 269 g/mol. The molecular weight excluding hydrogens is 256 g/mol. The smallest absolute Gasteiger partial charge is 0.125 e. The van der Waals surface area contributed by atoms with Crippen LogP contribution in [0, 0.1) is 0 Å². The minimum atomic E-state index is 0.317. The third kappa shape index (κ3) is 1.64. The van der Waals surface area contributed by atoms with Gasteiger partial charge in [0.05, 0.1) is 5.52 Å². The van der Waals surface area contributed by atoms with Gasteiger partial charge < -0.3 is 15.4 Å². The molecule has 2 aromatic rings. The second kappa shape index (κ2) is 3.87. The van der Waals surface area contributed by atoms with Crippen LogP contribution < -0.4 is 5.73 Å². The lowest BCUT2D eigenvalue weighted by Crippen LogP contribution is -2.01. The first kappa shape index (κ1) is 10.5. The molecule has 1 heterocycles. The summed E-state index contributed by atoms with van der Waals surface area (Å²) in [4.78, 5) is 0. The average Bonchev–Trinajstić information content (AvgIpc) is 2.51. The maximum absolute atomic E-state index is 9.84. The number of benzene rings is 1. The number of nitrogens with zero attached hydrogens (tertiary/aromatic N) is 1. The van der Waals surface area contributed by atoms with Crippen molar-refractivity contribution in [1.82, 2.24) is 4.57 Å². The van der Waals surface area contributed by atoms with Gasteiger partial charge in [-0.25, -0.2) is 0 Å². The molecule has 0 spiro atoms. The van der Waals surface area contributed by atoms with Crippen molar-refractivity contribution in [1.29, 1.82) is 0 Å². The molecule has 0 saturated carbocycles. The molecule has 2 rings (SSSR count). The van der Waals surface area contributed by atoms with Crippen LogP contribution >= 0.6 is 15.9 Å². The Labute approximate surface area is 96.6 Å². The summed E-state index contributed by atoms with van der Waals surface area (Å²) in [5.74, 6) is 0.317. The number of aromatic hydroxyl groups is 1. The summed E-state index contributed by atoms with van der Waals surface area (Å²) < 4.78 is 2.99. The molecule has 15 heavy (non-hydrogen) atoms. The highest BCUT2D eigenvalue weighted by Gasteiger charge is 2.12. The molecule has 1 aromatic carbocycles. The number of nitrogens with two attached hydrogens (primary N) is 1. The summed E-state index contributed by atoms with van der Waals surface area (Å²) in [6, 6.07) is 3.55. The molecule has 3 N–H and O–H groups in total. The number of phenols is 1. The normalized spacial score (nSPS) is 11.1. The maximum Gasteiger partial charge on any atom is 0.125 e. The number of fused-ring (bicyclic) bond motifs is 1. The number of rotatable bonds is 2. The summed E-state index contributed by atoms with van der Waals surface area (Å²) in [7, 11) is 1.96. The number of aromatic nitrogens is 1. The molecule has 0 aliphatic rings. The molecule has 3 nitrogen and oxygen atoms in total. The molecule has 0 amide bonds. The van der Waals surface area contributed by atoms with Crippen molar-refractivity contribution < 1.29 is 5.11 Å². The van der Waals surface area contributed by atoms with Crippen molar-refractivity contribution in [2.24, 2.45) is 12.8 Å². The first-order chi connectivity index (χ1) is 7.15. The van der Waals surface area contributed by atoms with Crippen LogP contribution in [-0.2, 0) is 13.5 Å². The molecule has 0 bridgehead atoms. The SMILES string of the molecule is Cn1cc(CCN)c2c(O)ccc(Br)c21. The fourth-order valence-corrected chi connectivity index (χ4v) is 2.53. The van der Waals surface area contributed by atoms with Crippen molar-refractivity contribution in [3.05, 3.63) is 28.4 Å². The van der Waals surface area contributed by atoms with Crippen LogP contribution in [0.2, 0.25) is 0 Å². The highest BCUT2D eigenvalue weighted by molar-refractivity contribution is 9.10. The van der Waals surface area contributed by atoms with E-state index in [1.54, 1.807) is 6.07 Å². The first-order valence-corrected chi connectivity index (χ1v) is 5.60. The fraction of sp³-hybridized carbons (Fsp3) is 0.273. The Hall–Kier alpha value is -1.000. The lowest BCUT2D eigenvalue weighted by atomic mass is 10.1. The van der Waals surface area contributed by atoms with E-state index < -0.39 is 0 Å². The molecule has 0 radical (unpaired) electrons. The molecule has 1 aromatic heterocycles. The number of hydrogen-bond acceptors (Lipinski definition) is 2. The van der Waals surface area contributed by atoms with Gasteiger partial charge in [-0.15, -0.1) is 0 Å². The van der Waals surface area contributed by atoms with Gasteiger partial charge in [-0.1, -0.05) is 0 Å².